The summed E-state index contributed by atoms with van der Waals surface area (Å²) in [6.45, 7) is 3.90. The number of amides is 3. The number of nitrogens with zero attached hydrogens (tertiary/aromatic N) is 2. The second kappa shape index (κ2) is 7.39. The molecule has 2 aliphatic heterocycles. The number of benzene rings is 1. The van der Waals surface area contributed by atoms with Crippen molar-refractivity contribution in [2.75, 3.05) is 24.5 Å². The zero-order chi connectivity index (χ0) is 18.0. The molecule has 0 spiro atoms. The summed E-state index contributed by atoms with van der Waals surface area (Å²) in [4.78, 5) is 27.7. The average molecular weight is 348 g/mol. The highest BCUT2D eigenvalue weighted by molar-refractivity contribution is 5.98. The normalized spacial score (nSPS) is 22.9. The molecule has 2 saturated heterocycles. The molecule has 3 N–H and O–H groups in total. The van der Waals surface area contributed by atoms with Crippen molar-refractivity contribution in [1.82, 2.24) is 10.2 Å². The first-order valence-electron chi connectivity index (χ1n) is 8.83. The number of primary amides is 1. The van der Waals surface area contributed by atoms with Crippen molar-refractivity contribution in [2.24, 2.45) is 5.73 Å². The van der Waals surface area contributed by atoms with Gasteiger partial charge in [0.15, 0.2) is 0 Å². The van der Waals surface area contributed by atoms with Crippen molar-refractivity contribution in [3.63, 3.8) is 0 Å². The fraction of sp³-hybridized carbons (Fsp3) is 0.556. The molecule has 1 atom stereocenters. The van der Waals surface area contributed by atoms with Crippen LogP contribution < -0.4 is 16.0 Å². The predicted octanol–water partition coefficient (Wildman–Crippen LogP) is 1.76. The van der Waals surface area contributed by atoms with Crippen molar-refractivity contribution in [2.45, 2.75) is 44.7 Å². The Bertz CT molecular complexity index is 658. The van der Waals surface area contributed by atoms with E-state index in [1.54, 1.807) is 17.0 Å². The van der Waals surface area contributed by atoms with Gasteiger partial charge in [-0.1, -0.05) is 6.07 Å². The lowest BCUT2D eigenvalue weighted by atomic mass is 9.97. The number of hydrogen-bond donors (Lipinski definition) is 2. The van der Waals surface area contributed by atoms with Crippen LogP contribution in [0.3, 0.4) is 0 Å². The maximum absolute atomic E-state index is 14.2. The number of aryl methyl sites for hydroxylation is 1. The van der Waals surface area contributed by atoms with Crippen LogP contribution in [0.1, 0.15) is 31.2 Å². The molecule has 0 bridgehead atoms. The minimum Gasteiger partial charge on any atom is -0.352 e. The number of halogens is 1. The van der Waals surface area contributed by atoms with E-state index < -0.39 is 6.03 Å². The van der Waals surface area contributed by atoms with Crippen LogP contribution >= 0.6 is 0 Å². The molecule has 136 valence electrons. The summed E-state index contributed by atoms with van der Waals surface area (Å²) < 4.78 is 14.2. The fourth-order valence-electron chi connectivity index (χ4n) is 3.82. The zero-order valence-electron chi connectivity index (χ0n) is 14.5. The molecule has 3 rings (SSSR count). The van der Waals surface area contributed by atoms with Crippen LogP contribution in [-0.2, 0) is 4.79 Å². The minimum atomic E-state index is -0.506. The van der Waals surface area contributed by atoms with Crippen LogP contribution in [-0.4, -0.2) is 48.6 Å². The molecule has 7 heteroatoms. The first-order valence-corrected chi connectivity index (χ1v) is 8.83. The van der Waals surface area contributed by atoms with E-state index in [0.29, 0.717) is 12.2 Å². The van der Waals surface area contributed by atoms with E-state index in [-0.39, 0.29) is 23.8 Å². The molecule has 6 nitrogen and oxygen atoms in total. The van der Waals surface area contributed by atoms with E-state index in [4.69, 9.17) is 5.73 Å². The summed E-state index contributed by atoms with van der Waals surface area (Å²) in [5.41, 5.74) is 6.48. The standard InChI is InChI=1S/C18H25FN4O2/c1-12-4-5-14(19)16(11-12)23-8-2-3-15(17(23)24)22-9-6-13(7-10-22)21-18(20)25/h4-5,11,13,15H,2-3,6-10H2,1H3,(H3,20,21,25). The Hall–Kier alpha value is -2.15. The number of carbonyl (C=O) groups is 2. The molecular weight excluding hydrogens is 323 g/mol. The summed E-state index contributed by atoms with van der Waals surface area (Å²) in [6, 6.07) is 4.21. The van der Waals surface area contributed by atoms with Gasteiger partial charge in [0.05, 0.1) is 11.7 Å². The molecule has 1 aromatic rings. The second-order valence-electron chi connectivity index (χ2n) is 6.92. The number of likely N-dealkylation sites (tertiary alicyclic amines) is 1. The third-order valence-corrected chi connectivity index (χ3v) is 5.12. The summed E-state index contributed by atoms with van der Waals surface area (Å²) in [7, 11) is 0. The van der Waals surface area contributed by atoms with Crippen molar-refractivity contribution in [3.05, 3.63) is 29.6 Å². The Morgan fingerprint density at radius 1 is 1.24 bits per heavy atom. The number of carbonyl (C=O) groups excluding carboxylic acids is 2. The van der Waals surface area contributed by atoms with Gasteiger partial charge in [-0.25, -0.2) is 9.18 Å². The lowest BCUT2D eigenvalue weighted by molar-refractivity contribution is -0.125. The van der Waals surface area contributed by atoms with Crippen LogP contribution in [0, 0.1) is 12.7 Å². The fourth-order valence-corrected chi connectivity index (χ4v) is 3.82. The minimum absolute atomic E-state index is 0.0305. The van der Waals surface area contributed by atoms with Gasteiger partial charge in [-0.05, 0) is 50.3 Å². The first kappa shape index (κ1) is 17.7. The Morgan fingerprint density at radius 2 is 1.96 bits per heavy atom. The zero-order valence-corrected chi connectivity index (χ0v) is 14.5. The van der Waals surface area contributed by atoms with Crippen LogP contribution in [0.15, 0.2) is 18.2 Å². The number of urea groups is 1. The molecule has 0 saturated carbocycles. The van der Waals surface area contributed by atoms with Gasteiger partial charge in [0, 0.05) is 25.7 Å². The number of piperidine rings is 2. The Kier molecular flexibility index (Phi) is 5.22. The number of rotatable bonds is 3. The third-order valence-electron chi connectivity index (χ3n) is 5.12. The lowest BCUT2D eigenvalue weighted by Crippen LogP contribution is -2.56. The molecule has 2 aliphatic rings. The van der Waals surface area contributed by atoms with Crippen LogP contribution in [0.2, 0.25) is 0 Å². The summed E-state index contributed by atoms with van der Waals surface area (Å²) >= 11 is 0. The van der Waals surface area contributed by atoms with Gasteiger partial charge in [0.1, 0.15) is 5.82 Å². The highest BCUT2D eigenvalue weighted by Gasteiger charge is 2.36. The SMILES string of the molecule is Cc1ccc(F)c(N2CCCC(N3CCC(NC(N)=O)CC3)C2=O)c1. The van der Waals surface area contributed by atoms with E-state index in [0.717, 1.165) is 44.3 Å². The predicted molar refractivity (Wildman–Crippen MR) is 93.8 cm³/mol. The van der Waals surface area contributed by atoms with Gasteiger partial charge >= 0.3 is 6.03 Å². The Morgan fingerprint density at radius 3 is 2.64 bits per heavy atom. The first-order chi connectivity index (χ1) is 12.0. The highest BCUT2D eigenvalue weighted by Crippen LogP contribution is 2.28. The average Bonchev–Trinajstić information content (AvgIpc) is 2.58. The van der Waals surface area contributed by atoms with Gasteiger partial charge in [-0.3, -0.25) is 9.69 Å². The quantitative estimate of drug-likeness (QED) is 0.874. The van der Waals surface area contributed by atoms with E-state index in [1.807, 2.05) is 6.92 Å². The smallest absolute Gasteiger partial charge is 0.312 e. The van der Waals surface area contributed by atoms with Crippen molar-refractivity contribution >= 4 is 17.6 Å². The number of hydrogen-bond acceptors (Lipinski definition) is 3. The maximum Gasteiger partial charge on any atom is 0.312 e. The third kappa shape index (κ3) is 3.92. The molecule has 0 aliphatic carbocycles. The second-order valence-corrected chi connectivity index (χ2v) is 6.92. The number of nitrogens with one attached hydrogen (secondary N) is 1. The van der Waals surface area contributed by atoms with Gasteiger partial charge in [0.25, 0.3) is 0 Å². The summed E-state index contributed by atoms with van der Waals surface area (Å²) in [6.07, 6.45) is 3.18. The maximum atomic E-state index is 14.2. The lowest BCUT2D eigenvalue weighted by Gasteiger charge is -2.41. The molecular formula is C18H25FN4O2. The molecule has 1 unspecified atom stereocenters. The number of anilines is 1. The van der Waals surface area contributed by atoms with Gasteiger partial charge < -0.3 is 16.0 Å². The van der Waals surface area contributed by atoms with Crippen LogP contribution in [0.25, 0.3) is 0 Å². The van der Waals surface area contributed by atoms with Gasteiger partial charge in [-0.15, -0.1) is 0 Å². The summed E-state index contributed by atoms with van der Waals surface area (Å²) in [5.74, 6) is -0.388. The molecule has 2 heterocycles. The van der Waals surface area contributed by atoms with Crippen molar-refractivity contribution in [1.29, 1.82) is 0 Å². The highest BCUT2D eigenvalue weighted by atomic mass is 19.1. The van der Waals surface area contributed by atoms with Crippen molar-refractivity contribution < 1.29 is 14.0 Å². The number of nitrogens with two attached hydrogens (primary N) is 1. The largest absolute Gasteiger partial charge is 0.352 e. The molecule has 1 aromatic carbocycles. The van der Waals surface area contributed by atoms with Crippen molar-refractivity contribution in [3.8, 4) is 0 Å². The summed E-state index contributed by atoms with van der Waals surface area (Å²) in [5, 5.41) is 2.73. The molecule has 2 fully saturated rings. The Labute approximate surface area is 147 Å². The van der Waals surface area contributed by atoms with E-state index in [1.165, 1.54) is 6.07 Å². The topological polar surface area (TPSA) is 78.7 Å². The molecule has 25 heavy (non-hydrogen) atoms. The molecule has 0 aromatic heterocycles. The van der Waals surface area contributed by atoms with E-state index in [9.17, 15) is 14.0 Å². The molecule has 0 radical (unpaired) electrons. The van der Waals surface area contributed by atoms with E-state index >= 15 is 0 Å². The monoisotopic (exact) mass is 348 g/mol. The van der Waals surface area contributed by atoms with Crippen LogP contribution in [0.4, 0.5) is 14.9 Å². The van der Waals surface area contributed by atoms with Crippen LogP contribution in [0.5, 0.6) is 0 Å². The Balaban J connectivity index is 1.69. The van der Waals surface area contributed by atoms with Gasteiger partial charge in [0.2, 0.25) is 5.91 Å². The van der Waals surface area contributed by atoms with Gasteiger partial charge in [-0.2, -0.15) is 0 Å². The van der Waals surface area contributed by atoms with E-state index in [2.05, 4.69) is 10.2 Å². The molecule has 3 amide bonds.